The van der Waals surface area contributed by atoms with Gasteiger partial charge in [-0.3, -0.25) is 4.99 Å². The molecule has 3 heteroatoms. The maximum absolute atomic E-state index is 4.56. The van der Waals surface area contributed by atoms with Crippen molar-refractivity contribution in [2.45, 2.75) is 65.2 Å². The first-order chi connectivity index (χ1) is 11.8. The molecule has 2 heterocycles. The molecule has 3 nitrogen and oxygen atoms in total. The van der Waals surface area contributed by atoms with Crippen LogP contribution in [0.1, 0.15) is 69.2 Å². The predicted octanol–water partition coefficient (Wildman–Crippen LogP) is 5.46. The van der Waals surface area contributed by atoms with Crippen LogP contribution in [0, 0.1) is 0 Å². The Morgan fingerprint density at radius 2 is 1.79 bits per heavy atom. The van der Waals surface area contributed by atoms with Gasteiger partial charge >= 0.3 is 0 Å². The van der Waals surface area contributed by atoms with Crippen LogP contribution in [0.15, 0.2) is 28.2 Å². The number of rotatable bonds is 9. The van der Waals surface area contributed by atoms with Crippen LogP contribution < -0.4 is 0 Å². The number of amidine groups is 1. The summed E-state index contributed by atoms with van der Waals surface area (Å²) in [5.41, 5.74) is 5.39. The summed E-state index contributed by atoms with van der Waals surface area (Å²) in [6.07, 6.45) is 11.9. The van der Waals surface area contributed by atoms with Crippen molar-refractivity contribution in [2.75, 3.05) is 6.54 Å². The summed E-state index contributed by atoms with van der Waals surface area (Å²) < 4.78 is 0. The van der Waals surface area contributed by atoms with Crippen LogP contribution in [0.5, 0.6) is 0 Å². The van der Waals surface area contributed by atoms with E-state index in [1.807, 2.05) is 6.21 Å². The lowest BCUT2D eigenvalue weighted by Gasteiger charge is -2.07. The zero-order chi connectivity index (χ0) is 16.8. The summed E-state index contributed by atoms with van der Waals surface area (Å²) in [5.74, 6) is 0.899. The van der Waals surface area contributed by atoms with Gasteiger partial charge in [0.05, 0.1) is 6.54 Å². The third-order valence-electron chi connectivity index (χ3n) is 4.85. The van der Waals surface area contributed by atoms with Gasteiger partial charge in [0, 0.05) is 28.4 Å². The first-order valence-electron chi connectivity index (χ1n) is 9.55. The minimum absolute atomic E-state index is 0.713. The lowest BCUT2D eigenvalue weighted by molar-refractivity contribution is 0.690. The Labute approximate surface area is 145 Å². The molecule has 3 rings (SSSR count). The largest absolute Gasteiger partial charge is 0.358 e. The summed E-state index contributed by atoms with van der Waals surface area (Å²) in [6.45, 7) is 5.25. The first-order valence-corrected chi connectivity index (χ1v) is 9.55. The molecule has 0 fully saturated rings. The molecule has 0 saturated heterocycles. The van der Waals surface area contributed by atoms with E-state index >= 15 is 0 Å². The molecular weight excluding hydrogens is 294 g/mol. The molecule has 1 aliphatic rings. The summed E-state index contributed by atoms with van der Waals surface area (Å²) in [7, 11) is 0. The molecule has 24 heavy (non-hydrogen) atoms. The fraction of sp³-hybridized carbons (Fsp3) is 0.524. The number of H-pyrrole nitrogens is 1. The molecule has 1 N–H and O–H groups in total. The fourth-order valence-electron chi connectivity index (χ4n) is 3.60. The van der Waals surface area contributed by atoms with Gasteiger partial charge in [0.1, 0.15) is 0 Å². The number of aromatic nitrogens is 1. The van der Waals surface area contributed by atoms with Gasteiger partial charge in [-0.25, -0.2) is 4.99 Å². The van der Waals surface area contributed by atoms with E-state index in [-0.39, 0.29) is 0 Å². The maximum Gasteiger partial charge on any atom is 0.155 e. The highest BCUT2D eigenvalue weighted by atomic mass is 15.0. The van der Waals surface area contributed by atoms with Crippen LogP contribution in [0.3, 0.4) is 0 Å². The number of nitrogens with zero attached hydrogens (tertiary/aromatic N) is 2. The second-order valence-corrected chi connectivity index (χ2v) is 6.70. The van der Waals surface area contributed by atoms with Crippen molar-refractivity contribution < 1.29 is 0 Å². The number of hydrogen-bond donors (Lipinski definition) is 1. The summed E-state index contributed by atoms with van der Waals surface area (Å²) in [5, 5.41) is 1.36. The van der Waals surface area contributed by atoms with Crippen LogP contribution in [0.2, 0.25) is 0 Å². The molecule has 0 saturated carbocycles. The van der Waals surface area contributed by atoms with Gasteiger partial charge in [-0.15, -0.1) is 0 Å². The highest BCUT2D eigenvalue weighted by Gasteiger charge is 2.17. The van der Waals surface area contributed by atoms with Gasteiger partial charge in [0.15, 0.2) is 5.84 Å². The highest BCUT2D eigenvalue weighted by molar-refractivity contribution is 6.14. The van der Waals surface area contributed by atoms with E-state index in [1.54, 1.807) is 0 Å². The Bertz CT molecular complexity index is 737. The molecule has 0 atom stereocenters. The van der Waals surface area contributed by atoms with Gasteiger partial charge in [0.2, 0.25) is 0 Å². The third kappa shape index (κ3) is 3.61. The molecule has 2 aromatic rings. The normalized spacial score (nSPS) is 13.8. The summed E-state index contributed by atoms with van der Waals surface area (Å²) in [6, 6.07) is 6.50. The molecule has 1 aliphatic heterocycles. The van der Waals surface area contributed by atoms with E-state index < -0.39 is 0 Å². The van der Waals surface area contributed by atoms with Gasteiger partial charge in [-0.05, 0) is 37.3 Å². The summed E-state index contributed by atoms with van der Waals surface area (Å²) >= 11 is 0. The third-order valence-corrected chi connectivity index (χ3v) is 4.85. The summed E-state index contributed by atoms with van der Waals surface area (Å²) in [4.78, 5) is 12.8. The van der Waals surface area contributed by atoms with E-state index in [4.69, 9.17) is 0 Å². The van der Waals surface area contributed by atoms with Crippen molar-refractivity contribution in [3.05, 3.63) is 35.0 Å². The van der Waals surface area contributed by atoms with Crippen LogP contribution in [-0.4, -0.2) is 23.6 Å². The van der Waals surface area contributed by atoms with Gasteiger partial charge in [0.25, 0.3) is 0 Å². The first kappa shape index (κ1) is 16.9. The molecule has 128 valence electrons. The minimum atomic E-state index is 0.713. The van der Waals surface area contributed by atoms with Crippen molar-refractivity contribution in [2.24, 2.45) is 9.98 Å². The Hall–Kier alpha value is -1.90. The second-order valence-electron chi connectivity index (χ2n) is 6.70. The van der Waals surface area contributed by atoms with Crippen LogP contribution >= 0.6 is 0 Å². The topological polar surface area (TPSA) is 40.5 Å². The van der Waals surface area contributed by atoms with Crippen LogP contribution in [0.25, 0.3) is 10.9 Å². The SMILES string of the molecule is CCCCCc1[nH]c2cccc(C3=NCC=N3)c2c1CCCCC. The van der Waals surface area contributed by atoms with Gasteiger partial charge in [-0.1, -0.05) is 51.7 Å². The molecule has 1 aromatic heterocycles. The zero-order valence-electron chi connectivity index (χ0n) is 15.1. The average Bonchev–Trinajstić information content (AvgIpc) is 3.23. The van der Waals surface area contributed by atoms with E-state index in [1.165, 1.54) is 66.2 Å². The molecular formula is C21H29N3. The van der Waals surface area contributed by atoms with Crippen molar-refractivity contribution in [3.8, 4) is 0 Å². The molecule has 1 aromatic carbocycles. The van der Waals surface area contributed by atoms with Crippen molar-refractivity contribution >= 4 is 23.0 Å². The standard InChI is InChI=1S/C21H29N3/c1-3-5-7-10-16-18(12-8-6-4-2)24-19-13-9-11-17(20(16)19)21-22-14-15-23-21/h9,11,13-14,24H,3-8,10,12,15H2,1-2H3. The molecule has 0 aliphatic carbocycles. The van der Waals surface area contributed by atoms with Crippen LogP contribution in [-0.2, 0) is 12.8 Å². The second kappa shape index (κ2) is 8.27. The van der Waals surface area contributed by atoms with E-state index in [0.29, 0.717) is 6.54 Å². The quantitative estimate of drug-likeness (QED) is 0.595. The van der Waals surface area contributed by atoms with Gasteiger partial charge < -0.3 is 4.98 Å². The number of fused-ring (bicyclic) bond motifs is 1. The Morgan fingerprint density at radius 1 is 1.00 bits per heavy atom. The highest BCUT2D eigenvalue weighted by Crippen LogP contribution is 2.30. The van der Waals surface area contributed by atoms with Gasteiger partial charge in [-0.2, -0.15) is 0 Å². The van der Waals surface area contributed by atoms with E-state index in [2.05, 4.69) is 47.0 Å². The number of aliphatic imine (C=N–C) groups is 2. The molecule has 0 unspecified atom stereocenters. The lowest BCUT2D eigenvalue weighted by atomic mass is 9.97. The van der Waals surface area contributed by atoms with E-state index in [9.17, 15) is 0 Å². The van der Waals surface area contributed by atoms with Crippen molar-refractivity contribution in [1.82, 2.24) is 4.98 Å². The number of benzene rings is 1. The van der Waals surface area contributed by atoms with E-state index in [0.717, 1.165) is 18.7 Å². The number of hydrogen-bond acceptors (Lipinski definition) is 2. The number of nitrogens with one attached hydrogen (secondary N) is 1. The number of aromatic amines is 1. The Balaban J connectivity index is 2.01. The maximum atomic E-state index is 4.56. The Kier molecular flexibility index (Phi) is 5.84. The molecule has 0 spiro atoms. The van der Waals surface area contributed by atoms with Crippen molar-refractivity contribution in [3.63, 3.8) is 0 Å². The molecule has 0 amide bonds. The Morgan fingerprint density at radius 3 is 2.50 bits per heavy atom. The smallest absolute Gasteiger partial charge is 0.155 e. The average molecular weight is 323 g/mol. The molecule has 0 bridgehead atoms. The van der Waals surface area contributed by atoms with Crippen LogP contribution in [0.4, 0.5) is 0 Å². The fourth-order valence-corrected chi connectivity index (χ4v) is 3.60. The molecule has 0 radical (unpaired) electrons. The number of unbranched alkanes of at least 4 members (excludes halogenated alkanes) is 4. The zero-order valence-corrected chi connectivity index (χ0v) is 15.1. The van der Waals surface area contributed by atoms with Crippen molar-refractivity contribution in [1.29, 1.82) is 0 Å². The lowest BCUT2D eigenvalue weighted by Crippen LogP contribution is -1.98. The monoisotopic (exact) mass is 323 g/mol. The predicted molar refractivity (Wildman–Crippen MR) is 105 cm³/mol. The minimum Gasteiger partial charge on any atom is -0.358 e. The number of aryl methyl sites for hydroxylation is 2.